The number of benzene rings is 1. The molecule has 1 aromatic rings. The number of carbonyl (C=O) groups excluding carboxylic acids is 1. The molecule has 1 N–H and O–H groups in total. The van der Waals surface area contributed by atoms with Gasteiger partial charge in [0.25, 0.3) is 0 Å². The summed E-state index contributed by atoms with van der Waals surface area (Å²) in [4.78, 5) is 15.3. The molecule has 0 aliphatic heterocycles. The number of hydrogen-bond donors (Lipinski definition) is 1. The molecule has 0 heterocycles. The molecule has 1 aromatic carbocycles. The predicted molar refractivity (Wildman–Crippen MR) is 102 cm³/mol. The Labute approximate surface area is 145 Å². The molecule has 23 heavy (non-hydrogen) atoms. The third kappa shape index (κ3) is 9.47. The van der Waals surface area contributed by atoms with E-state index in [0.29, 0.717) is 5.92 Å². The summed E-state index contributed by atoms with van der Waals surface area (Å²) in [6.45, 7) is 6.23. The van der Waals surface area contributed by atoms with Crippen LogP contribution in [0.1, 0.15) is 32.3 Å². The van der Waals surface area contributed by atoms with Gasteiger partial charge in [0.15, 0.2) is 0 Å². The predicted octanol–water partition coefficient (Wildman–Crippen LogP) is 3.91. The van der Waals surface area contributed by atoms with Gasteiger partial charge in [0.2, 0.25) is 5.91 Å². The van der Waals surface area contributed by atoms with Gasteiger partial charge in [-0.05, 0) is 57.1 Å². The SMILES string of the molecule is CC(C)CSc1ccccc1/C=C/C(=O)NCCCCN(C)C. The molecule has 0 atom stereocenters. The maximum atomic E-state index is 11.9. The number of nitrogens with one attached hydrogen (secondary N) is 1. The molecule has 0 fully saturated rings. The molecule has 0 unspecified atom stereocenters. The first-order valence-electron chi connectivity index (χ1n) is 8.31. The van der Waals surface area contributed by atoms with Gasteiger partial charge < -0.3 is 10.2 Å². The largest absolute Gasteiger partial charge is 0.353 e. The Morgan fingerprint density at radius 2 is 2.00 bits per heavy atom. The van der Waals surface area contributed by atoms with Crippen LogP contribution in [0.2, 0.25) is 0 Å². The number of nitrogens with zero attached hydrogens (tertiary/aromatic N) is 1. The number of amides is 1. The van der Waals surface area contributed by atoms with Crippen LogP contribution >= 0.6 is 11.8 Å². The van der Waals surface area contributed by atoms with Gasteiger partial charge in [-0.2, -0.15) is 0 Å². The lowest BCUT2D eigenvalue weighted by atomic mass is 10.2. The standard InChI is InChI=1S/C19H30N2OS/c1-16(2)15-23-18-10-6-5-9-17(18)11-12-19(22)20-13-7-8-14-21(3)4/h5-6,9-12,16H,7-8,13-15H2,1-4H3,(H,20,22)/b12-11+. The molecule has 0 saturated heterocycles. The molecule has 1 rings (SSSR count). The molecule has 0 aromatic heterocycles. The van der Waals surface area contributed by atoms with Crippen LogP contribution < -0.4 is 5.32 Å². The van der Waals surface area contributed by atoms with Crippen molar-refractivity contribution in [3.05, 3.63) is 35.9 Å². The van der Waals surface area contributed by atoms with Crippen molar-refractivity contribution >= 4 is 23.7 Å². The topological polar surface area (TPSA) is 32.3 Å². The first kappa shape index (κ1) is 19.8. The van der Waals surface area contributed by atoms with Gasteiger partial charge in [0, 0.05) is 23.3 Å². The fourth-order valence-electron chi connectivity index (χ4n) is 2.00. The van der Waals surface area contributed by atoms with Gasteiger partial charge in [0.05, 0.1) is 0 Å². The first-order valence-corrected chi connectivity index (χ1v) is 9.30. The highest BCUT2D eigenvalue weighted by atomic mass is 32.2. The maximum absolute atomic E-state index is 11.9. The summed E-state index contributed by atoms with van der Waals surface area (Å²) in [5.74, 6) is 1.73. The van der Waals surface area contributed by atoms with E-state index in [1.54, 1.807) is 6.08 Å². The summed E-state index contributed by atoms with van der Waals surface area (Å²) in [5, 5.41) is 2.95. The average Bonchev–Trinajstić information content (AvgIpc) is 2.51. The quantitative estimate of drug-likeness (QED) is 0.400. The molecule has 0 aliphatic rings. The number of hydrogen-bond acceptors (Lipinski definition) is 3. The third-order valence-electron chi connectivity index (χ3n) is 3.24. The zero-order valence-corrected chi connectivity index (χ0v) is 15.7. The second-order valence-corrected chi connectivity index (χ2v) is 7.44. The number of rotatable bonds is 10. The summed E-state index contributed by atoms with van der Waals surface area (Å²) >= 11 is 1.85. The Kier molecular flexibility index (Phi) is 9.72. The highest BCUT2D eigenvalue weighted by molar-refractivity contribution is 7.99. The van der Waals surface area contributed by atoms with E-state index in [2.05, 4.69) is 50.3 Å². The van der Waals surface area contributed by atoms with Crippen molar-refractivity contribution in [1.82, 2.24) is 10.2 Å². The molecule has 1 amide bonds. The summed E-state index contributed by atoms with van der Waals surface area (Å²) in [6, 6.07) is 8.23. The third-order valence-corrected chi connectivity index (χ3v) is 4.75. The van der Waals surface area contributed by atoms with Crippen LogP contribution in [0.25, 0.3) is 6.08 Å². The van der Waals surface area contributed by atoms with E-state index in [1.165, 1.54) is 4.90 Å². The molecule has 0 radical (unpaired) electrons. The van der Waals surface area contributed by atoms with Crippen LogP contribution in [0.5, 0.6) is 0 Å². The molecular formula is C19H30N2OS. The minimum absolute atomic E-state index is 0.0153. The Bertz CT molecular complexity index is 498. The lowest BCUT2D eigenvalue weighted by Crippen LogP contribution is -2.23. The Hall–Kier alpha value is -1.26. The Balaban J connectivity index is 2.42. The highest BCUT2D eigenvalue weighted by Crippen LogP contribution is 2.25. The van der Waals surface area contributed by atoms with Crippen molar-refractivity contribution in [2.75, 3.05) is 32.9 Å². The highest BCUT2D eigenvalue weighted by Gasteiger charge is 2.02. The first-order chi connectivity index (χ1) is 11.0. The van der Waals surface area contributed by atoms with Crippen LogP contribution in [0.15, 0.2) is 35.2 Å². The molecule has 0 bridgehead atoms. The number of carbonyl (C=O) groups is 1. The van der Waals surface area contributed by atoms with Crippen molar-refractivity contribution in [2.24, 2.45) is 5.92 Å². The van der Waals surface area contributed by atoms with E-state index in [1.807, 2.05) is 30.0 Å². The smallest absolute Gasteiger partial charge is 0.243 e. The number of thioether (sulfide) groups is 1. The minimum atomic E-state index is -0.0153. The molecule has 0 aliphatic carbocycles. The van der Waals surface area contributed by atoms with Gasteiger partial charge in [-0.1, -0.05) is 32.0 Å². The maximum Gasteiger partial charge on any atom is 0.243 e. The lowest BCUT2D eigenvalue weighted by molar-refractivity contribution is -0.116. The fourth-order valence-corrected chi connectivity index (χ4v) is 2.99. The van der Waals surface area contributed by atoms with Crippen molar-refractivity contribution in [1.29, 1.82) is 0 Å². The molecule has 128 valence electrons. The number of unbranched alkanes of at least 4 members (excludes halogenated alkanes) is 1. The molecule has 0 saturated carbocycles. The van der Waals surface area contributed by atoms with Crippen LogP contribution in [0, 0.1) is 5.92 Å². The minimum Gasteiger partial charge on any atom is -0.353 e. The average molecular weight is 335 g/mol. The van der Waals surface area contributed by atoms with E-state index >= 15 is 0 Å². The van der Waals surface area contributed by atoms with Crippen LogP contribution in [0.4, 0.5) is 0 Å². The van der Waals surface area contributed by atoms with Gasteiger partial charge in [-0.3, -0.25) is 4.79 Å². The van der Waals surface area contributed by atoms with Crippen LogP contribution in [-0.2, 0) is 4.79 Å². The second kappa shape index (κ2) is 11.3. The van der Waals surface area contributed by atoms with Gasteiger partial charge in [-0.15, -0.1) is 11.8 Å². The summed E-state index contributed by atoms with van der Waals surface area (Å²) < 4.78 is 0. The van der Waals surface area contributed by atoms with Crippen molar-refractivity contribution in [3.63, 3.8) is 0 Å². The second-order valence-electron chi connectivity index (χ2n) is 6.38. The van der Waals surface area contributed by atoms with E-state index in [4.69, 9.17) is 0 Å². The molecular weight excluding hydrogens is 304 g/mol. The monoisotopic (exact) mass is 334 g/mol. The zero-order valence-electron chi connectivity index (χ0n) is 14.8. The summed E-state index contributed by atoms with van der Waals surface area (Å²) in [5.41, 5.74) is 1.11. The van der Waals surface area contributed by atoms with Crippen LogP contribution in [-0.4, -0.2) is 43.7 Å². The van der Waals surface area contributed by atoms with E-state index < -0.39 is 0 Å². The normalized spacial score (nSPS) is 11.6. The van der Waals surface area contributed by atoms with E-state index in [-0.39, 0.29) is 5.91 Å². The van der Waals surface area contributed by atoms with E-state index in [0.717, 1.165) is 37.2 Å². The van der Waals surface area contributed by atoms with Crippen molar-refractivity contribution in [3.8, 4) is 0 Å². The van der Waals surface area contributed by atoms with Gasteiger partial charge in [-0.25, -0.2) is 0 Å². The van der Waals surface area contributed by atoms with Crippen molar-refractivity contribution < 1.29 is 4.79 Å². The summed E-state index contributed by atoms with van der Waals surface area (Å²) in [7, 11) is 4.13. The molecule has 3 nitrogen and oxygen atoms in total. The fraction of sp³-hybridized carbons (Fsp3) is 0.526. The summed E-state index contributed by atoms with van der Waals surface area (Å²) in [6.07, 6.45) is 5.67. The van der Waals surface area contributed by atoms with E-state index in [9.17, 15) is 4.79 Å². The molecule has 0 spiro atoms. The van der Waals surface area contributed by atoms with Crippen LogP contribution in [0.3, 0.4) is 0 Å². The Morgan fingerprint density at radius 1 is 1.26 bits per heavy atom. The lowest BCUT2D eigenvalue weighted by Gasteiger charge is -2.09. The molecule has 4 heteroatoms. The van der Waals surface area contributed by atoms with Crippen molar-refractivity contribution in [2.45, 2.75) is 31.6 Å². The zero-order chi connectivity index (χ0) is 17.1. The van der Waals surface area contributed by atoms with Gasteiger partial charge in [0.1, 0.15) is 0 Å². The Morgan fingerprint density at radius 3 is 2.70 bits per heavy atom. The van der Waals surface area contributed by atoms with Gasteiger partial charge >= 0.3 is 0 Å².